The number of sulfone groups is 1. The number of ketones is 1. The summed E-state index contributed by atoms with van der Waals surface area (Å²) in [5, 5.41) is 7.37. The van der Waals surface area contributed by atoms with Gasteiger partial charge in [0, 0.05) is 40.7 Å². The van der Waals surface area contributed by atoms with Gasteiger partial charge < -0.3 is 10.6 Å². The Hall–Kier alpha value is -4.11. The fraction of sp³-hybridized carbons (Fsp3) is 0.0435. The van der Waals surface area contributed by atoms with Crippen LogP contribution in [0.1, 0.15) is 10.4 Å². The summed E-state index contributed by atoms with van der Waals surface area (Å²) in [6.07, 6.45) is 4.53. The van der Waals surface area contributed by atoms with Gasteiger partial charge in [-0.1, -0.05) is 6.07 Å². The van der Waals surface area contributed by atoms with Crippen molar-refractivity contribution >= 4 is 49.5 Å². The molecule has 0 fully saturated rings. The van der Waals surface area contributed by atoms with Gasteiger partial charge in [-0.2, -0.15) is 0 Å². The van der Waals surface area contributed by atoms with Gasteiger partial charge in [0.2, 0.25) is 0 Å². The van der Waals surface area contributed by atoms with E-state index >= 15 is 0 Å². The van der Waals surface area contributed by atoms with Crippen LogP contribution in [0.3, 0.4) is 0 Å². The molecule has 2 N–H and O–H groups in total. The zero-order chi connectivity index (χ0) is 22.5. The first-order chi connectivity index (χ1) is 15.3. The molecule has 4 aromatic rings. The second-order valence-electron chi connectivity index (χ2n) is 7.42. The summed E-state index contributed by atoms with van der Waals surface area (Å²) in [6.45, 7) is 0. The highest BCUT2D eigenvalue weighted by Crippen LogP contribution is 2.32. The molecule has 0 unspecified atom stereocenters. The maximum absolute atomic E-state index is 12.1. The lowest BCUT2D eigenvalue weighted by Crippen LogP contribution is -2.12. The second-order valence-corrected chi connectivity index (χ2v) is 9.43. The number of hydrogen-bond acceptors (Lipinski definition) is 7. The maximum atomic E-state index is 12.1. The molecule has 0 radical (unpaired) electrons. The Balaban J connectivity index is 1.53. The third kappa shape index (κ3) is 3.48. The van der Waals surface area contributed by atoms with Gasteiger partial charge in [-0.05, 0) is 48.5 Å². The smallest absolute Gasteiger partial charge is 0.296 e. The van der Waals surface area contributed by atoms with Crippen molar-refractivity contribution in [1.29, 1.82) is 0 Å². The summed E-state index contributed by atoms with van der Waals surface area (Å²) < 4.78 is 23.3. The van der Waals surface area contributed by atoms with E-state index < -0.39 is 21.5 Å². The lowest BCUT2D eigenvalue weighted by atomic mass is 10.0. The zero-order valence-corrected chi connectivity index (χ0v) is 17.6. The van der Waals surface area contributed by atoms with Crippen molar-refractivity contribution in [3.63, 3.8) is 0 Å². The third-order valence-corrected chi connectivity index (χ3v) is 6.32. The summed E-state index contributed by atoms with van der Waals surface area (Å²) in [5.41, 5.74) is 2.85. The molecule has 1 aliphatic rings. The van der Waals surface area contributed by atoms with Crippen molar-refractivity contribution in [3.05, 3.63) is 72.6 Å². The minimum absolute atomic E-state index is 0.236. The molecule has 9 heteroatoms. The standard InChI is InChI=1S/C23H16N4O4S/c1-32(30,31)16-5-3-15(4-6-16)26-20-11-17-14(12-25-20)8-9-24-21(17)13-2-7-19-18(10-13)22(28)23(29)27-19/h2-12H,1H3,(H,25,26)(H,27,28,29). The number of amides is 1. The highest BCUT2D eigenvalue weighted by atomic mass is 32.2. The highest BCUT2D eigenvalue weighted by Gasteiger charge is 2.28. The first kappa shape index (κ1) is 19.8. The van der Waals surface area contributed by atoms with Gasteiger partial charge in [-0.15, -0.1) is 0 Å². The largest absolute Gasteiger partial charge is 0.340 e. The molecule has 5 rings (SSSR count). The van der Waals surface area contributed by atoms with Gasteiger partial charge in [-0.25, -0.2) is 13.4 Å². The Morgan fingerprint density at radius 2 is 1.72 bits per heavy atom. The van der Waals surface area contributed by atoms with E-state index in [1.54, 1.807) is 42.7 Å². The van der Waals surface area contributed by atoms with E-state index in [4.69, 9.17) is 0 Å². The van der Waals surface area contributed by atoms with Crippen LogP contribution in [0.15, 0.2) is 71.9 Å². The maximum Gasteiger partial charge on any atom is 0.296 e. The number of hydrogen-bond donors (Lipinski definition) is 2. The molecule has 1 amide bonds. The average molecular weight is 444 g/mol. The minimum Gasteiger partial charge on any atom is -0.340 e. The predicted octanol–water partition coefficient (Wildman–Crippen LogP) is 3.58. The Kier molecular flexibility index (Phi) is 4.49. The average Bonchev–Trinajstić information content (AvgIpc) is 3.06. The zero-order valence-electron chi connectivity index (χ0n) is 16.8. The number of benzene rings is 2. The number of aromatic nitrogens is 2. The van der Waals surface area contributed by atoms with E-state index in [0.29, 0.717) is 34.0 Å². The number of anilines is 3. The first-order valence-electron chi connectivity index (χ1n) is 9.62. The van der Waals surface area contributed by atoms with Crippen LogP contribution in [0.5, 0.6) is 0 Å². The lowest BCUT2D eigenvalue weighted by Gasteiger charge is -2.10. The van der Waals surface area contributed by atoms with E-state index in [2.05, 4.69) is 20.6 Å². The van der Waals surface area contributed by atoms with E-state index in [0.717, 1.165) is 17.0 Å². The van der Waals surface area contributed by atoms with Crippen LogP contribution >= 0.6 is 0 Å². The van der Waals surface area contributed by atoms with E-state index in [1.807, 2.05) is 12.1 Å². The molecule has 2 aromatic carbocycles. The van der Waals surface area contributed by atoms with Crippen molar-refractivity contribution in [2.24, 2.45) is 0 Å². The number of carbonyl (C=O) groups is 2. The number of nitrogens with zero attached hydrogens (tertiary/aromatic N) is 2. The molecule has 0 aliphatic carbocycles. The molecule has 1 aliphatic heterocycles. The summed E-state index contributed by atoms with van der Waals surface area (Å²) in [6, 6.07) is 15.2. The Morgan fingerprint density at radius 1 is 0.938 bits per heavy atom. The fourth-order valence-corrected chi connectivity index (χ4v) is 4.22. The molecule has 0 saturated carbocycles. The summed E-state index contributed by atoms with van der Waals surface area (Å²) >= 11 is 0. The van der Waals surface area contributed by atoms with Crippen molar-refractivity contribution in [3.8, 4) is 11.3 Å². The Labute approximate surface area is 183 Å². The molecule has 158 valence electrons. The van der Waals surface area contributed by atoms with Gasteiger partial charge in [0.1, 0.15) is 5.82 Å². The van der Waals surface area contributed by atoms with Crippen LogP contribution in [0.2, 0.25) is 0 Å². The molecule has 32 heavy (non-hydrogen) atoms. The predicted molar refractivity (Wildman–Crippen MR) is 121 cm³/mol. The molecule has 8 nitrogen and oxygen atoms in total. The highest BCUT2D eigenvalue weighted by molar-refractivity contribution is 7.90. The van der Waals surface area contributed by atoms with Crippen LogP contribution in [0.4, 0.5) is 17.2 Å². The number of carbonyl (C=O) groups excluding carboxylic acids is 2. The normalized spacial score (nSPS) is 13.2. The summed E-state index contributed by atoms with van der Waals surface area (Å²) in [4.78, 5) is 32.9. The van der Waals surface area contributed by atoms with Crippen molar-refractivity contribution in [2.75, 3.05) is 16.9 Å². The molecule has 0 spiro atoms. The molecule has 0 saturated heterocycles. The molecule has 2 aromatic heterocycles. The van der Waals surface area contributed by atoms with Crippen LogP contribution in [-0.2, 0) is 14.6 Å². The van der Waals surface area contributed by atoms with E-state index in [1.165, 1.54) is 12.1 Å². The third-order valence-electron chi connectivity index (χ3n) is 5.19. The van der Waals surface area contributed by atoms with Crippen LogP contribution in [0, 0.1) is 0 Å². The number of Topliss-reactive ketones (excluding diaryl/α,β-unsaturated/α-hetero) is 1. The van der Waals surface area contributed by atoms with E-state index in [-0.39, 0.29) is 4.90 Å². The van der Waals surface area contributed by atoms with Crippen molar-refractivity contribution < 1.29 is 18.0 Å². The molecular formula is C23H16N4O4S. The number of nitrogens with one attached hydrogen (secondary N) is 2. The Morgan fingerprint density at radius 3 is 2.47 bits per heavy atom. The van der Waals surface area contributed by atoms with Crippen LogP contribution in [-0.4, -0.2) is 36.3 Å². The van der Waals surface area contributed by atoms with Gasteiger partial charge >= 0.3 is 0 Å². The first-order valence-corrected chi connectivity index (χ1v) is 11.5. The molecule has 0 atom stereocenters. The molecule has 3 heterocycles. The Bertz CT molecular complexity index is 1530. The van der Waals surface area contributed by atoms with Crippen molar-refractivity contribution in [1.82, 2.24) is 9.97 Å². The number of fused-ring (bicyclic) bond motifs is 2. The van der Waals surface area contributed by atoms with Gasteiger partial charge in [0.25, 0.3) is 11.7 Å². The second kappa shape index (κ2) is 7.24. The quantitative estimate of drug-likeness (QED) is 0.462. The minimum atomic E-state index is -3.27. The summed E-state index contributed by atoms with van der Waals surface area (Å²) in [7, 11) is -3.27. The fourth-order valence-electron chi connectivity index (χ4n) is 3.59. The topological polar surface area (TPSA) is 118 Å². The lowest BCUT2D eigenvalue weighted by molar-refractivity contribution is -0.112. The van der Waals surface area contributed by atoms with Gasteiger partial charge in [-0.3, -0.25) is 14.6 Å². The monoisotopic (exact) mass is 444 g/mol. The van der Waals surface area contributed by atoms with Crippen molar-refractivity contribution in [2.45, 2.75) is 4.90 Å². The van der Waals surface area contributed by atoms with Gasteiger partial charge in [0.05, 0.1) is 21.8 Å². The number of rotatable bonds is 4. The van der Waals surface area contributed by atoms with Gasteiger partial charge in [0.15, 0.2) is 9.84 Å². The SMILES string of the molecule is CS(=O)(=O)c1ccc(Nc2cc3c(-c4ccc5c(c4)C(=O)C(=O)N5)nccc3cn2)cc1. The summed E-state index contributed by atoms with van der Waals surface area (Å²) in [5.74, 6) is -0.655. The molecular weight excluding hydrogens is 428 g/mol. The van der Waals surface area contributed by atoms with Crippen LogP contribution < -0.4 is 10.6 Å². The van der Waals surface area contributed by atoms with Crippen LogP contribution in [0.25, 0.3) is 22.0 Å². The van der Waals surface area contributed by atoms with E-state index in [9.17, 15) is 18.0 Å². The number of pyridine rings is 2. The molecule has 0 bridgehead atoms.